The van der Waals surface area contributed by atoms with Crippen LogP contribution in [-0.4, -0.2) is 37.0 Å². The van der Waals surface area contributed by atoms with Gasteiger partial charge in [0.25, 0.3) is 0 Å². The fraction of sp³-hybridized carbons (Fsp3) is 0.467. The number of carbonyl (C=O) groups excluding carboxylic acids is 1. The van der Waals surface area contributed by atoms with Crippen LogP contribution in [0, 0.1) is 11.3 Å². The van der Waals surface area contributed by atoms with Crippen LogP contribution < -0.4 is 5.32 Å². The number of hydrogen-bond donors (Lipinski definition) is 1. The van der Waals surface area contributed by atoms with Gasteiger partial charge in [-0.05, 0) is 37.1 Å². The Morgan fingerprint density at radius 1 is 1.26 bits per heavy atom. The average molecular weight is 257 g/mol. The highest BCUT2D eigenvalue weighted by atomic mass is 16.2. The van der Waals surface area contributed by atoms with E-state index in [-0.39, 0.29) is 5.91 Å². The summed E-state index contributed by atoms with van der Waals surface area (Å²) in [6.07, 6.45) is 2.32. The van der Waals surface area contributed by atoms with Gasteiger partial charge in [0.05, 0.1) is 11.6 Å². The monoisotopic (exact) mass is 257 g/mol. The molecule has 1 aromatic rings. The maximum absolute atomic E-state index is 12.1. The summed E-state index contributed by atoms with van der Waals surface area (Å²) >= 11 is 0. The maximum Gasteiger partial charge on any atom is 0.222 e. The molecule has 0 unspecified atom stereocenters. The Bertz CT molecular complexity index is 453. The van der Waals surface area contributed by atoms with Crippen LogP contribution in [0.1, 0.15) is 24.0 Å². The van der Waals surface area contributed by atoms with Crippen molar-refractivity contribution in [1.29, 1.82) is 5.26 Å². The van der Waals surface area contributed by atoms with E-state index in [1.807, 2.05) is 17.0 Å². The molecule has 1 aliphatic heterocycles. The van der Waals surface area contributed by atoms with Gasteiger partial charge in [-0.1, -0.05) is 12.1 Å². The number of amides is 1. The molecule has 1 heterocycles. The van der Waals surface area contributed by atoms with Crippen LogP contribution in [0.15, 0.2) is 24.3 Å². The Labute approximate surface area is 114 Å². The first kappa shape index (κ1) is 13.6. The summed E-state index contributed by atoms with van der Waals surface area (Å²) in [5.41, 5.74) is 1.77. The number of hydrogen-bond acceptors (Lipinski definition) is 3. The van der Waals surface area contributed by atoms with Gasteiger partial charge in [0, 0.05) is 26.1 Å². The van der Waals surface area contributed by atoms with E-state index in [9.17, 15) is 4.79 Å². The van der Waals surface area contributed by atoms with Crippen LogP contribution in [0.3, 0.4) is 0 Å². The molecular weight excluding hydrogens is 238 g/mol. The predicted octanol–water partition coefficient (Wildman–Crippen LogP) is 1.31. The zero-order valence-electron chi connectivity index (χ0n) is 11.1. The Hall–Kier alpha value is -1.86. The smallest absolute Gasteiger partial charge is 0.222 e. The Morgan fingerprint density at radius 2 is 2.05 bits per heavy atom. The Balaban J connectivity index is 1.83. The van der Waals surface area contributed by atoms with Crippen molar-refractivity contribution in [3.05, 3.63) is 35.4 Å². The summed E-state index contributed by atoms with van der Waals surface area (Å²) in [4.78, 5) is 14.0. The summed E-state index contributed by atoms with van der Waals surface area (Å²) in [5.74, 6) is 0.230. The highest BCUT2D eigenvalue weighted by molar-refractivity contribution is 5.76. The van der Waals surface area contributed by atoms with E-state index < -0.39 is 0 Å². The molecule has 0 aromatic heterocycles. The first-order valence-corrected chi connectivity index (χ1v) is 6.77. The van der Waals surface area contributed by atoms with Gasteiger partial charge < -0.3 is 10.2 Å². The van der Waals surface area contributed by atoms with E-state index in [1.54, 1.807) is 12.1 Å². The van der Waals surface area contributed by atoms with Crippen molar-refractivity contribution in [3.63, 3.8) is 0 Å². The quantitative estimate of drug-likeness (QED) is 0.888. The molecule has 4 heteroatoms. The average Bonchev–Trinajstić information content (AvgIpc) is 2.74. The predicted molar refractivity (Wildman–Crippen MR) is 73.5 cm³/mol. The minimum Gasteiger partial charge on any atom is -0.341 e. The van der Waals surface area contributed by atoms with Crippen LogP contribution in [0.2, 0.25) is 0 Å². The SMILES string of the molecule is N#Cc1ccc(CCC(=O)N2CCCNCC2)cc1. The zero-order chi connectivity index (χ0) is 13.5. The molecule has 1 fully saturated rings. The normalized spacial score (nSPS) is 15.6. The van der Waals surface area contributed by atoms with Crippen molar-refractivity contribution in [1.82, 2.24) is 10.2 Å². The van der Waals surface area contributed by atoms with Crippen LogP contribution in [-0.2, 0) is 11.2 Å². The molecule has 1 aromatic carbocycles. The summed E-state index contributed by atoms with van der Waals surface area (Å²) in [6, 6.07) is 9.55. The molecule has 0 aliphatic carbocycles. The van der Waals surface area contributed by atoms with Gasteiger partial charge >= 0.3 is 0 Å². The van der Waals surface area contributed by atoms with Gasteiger partial charge in [-0.3, -0.25) is 4.79 Å². The number of rotatable bonds is 3. The molecule has 2 rings (SSSR count). The summed E-state index contributed by atoms with van der Waals surface area (Å²) in [5, 5.41) is 12.0. The maximum atomic E-state index is 12.1. The highest BCUT2D eigenvalue weighted by Crippen LogP contribution is 2.08. The lowest BCUT2D eigenvalue weighted by atomic mass is 10.1. The lowest BCUT2D eigenvalue weighted by Gasteiger charge is -2.19. The van der Waals surface area contributed by atoms with E-state index in [2.05, 4.69) is 11.4 Å². The fourth-order valence-corrected chi connectivity index (χ4v) is 2.25. The first-order chi connectivity index (χ1) is 9.29. The fourth-order valence-electron chi connectivity index (χ4n) is 2.25. The molecule has 1 N–H and O–H groups in total. The molecular formula is C15H19N3O. The zero-order valence-corrected chi connectivity index (χ0v) is 11.1. The topological polar surface area (TPSA) is 56.1 Å². The second-order valence-electron chi connectivity index (χ2n) is 4.79. The lowest BCUT2D eigenvalue weighted by Crippen LogP contribution is -2.34. The van der Waals surface area contributed by atoms with Crippen LogP contribution in [0.5, 0.6) is 0 Å². The van der Waals surface area contributed by atoms with E-state index in [1.165, 1.54) is 0 Å². The molecule has 19 heavy (non-hydrogen) atoms. The lowest BCUT2D eigenvalue weighted by molar-refractivity contribution is -0.130. The first-order valence-electron chi connectivity index (χ1n) is 6.77. The highest BCUT2D eigenvalue weighted by Gasteiger charge is 2.14. The van der Waals surface area contributed by atoms with Crippen LogP contribution >= 0.6 is 0 Å². The number of nitriles is 1. The van der Waals surface area contributed by atoms with Crippen molar-refractivity contribution >= 4 is 5.91 Å². The summed E-state index contributed by atoms with van der Waals surface area (Å²) in [6.45, 7) is 3.56. The van der Waals surface area contributed by atoms with Gasteiger partial charge in [0.2, 0.25) is 5.91 Å². The van der Waals surface area contributed by atoms with Gasteiger partial charge in [0.1, 0.15) is 0 Å². The van der Waals surface area contributed by atoms with E-state index in [0.717, 1.165) is 44.6 Å². The molecule has 1 amide bonds. The van der Waals surface area contributed by atoms with Crippen molar-refractivity contribution in [2.24, 2.45) is 0 Å². The van der Waals surface area contributed by atoms with Gasteiger partial charge in [-0.25, -0.2) is 0 Å². The van der Waals surface area contributed by atoms with Gasteiger partial charge in [0.15, 0.2) is 0 Å². The minimum absolute atomic E-state index is 0.230. The van der Waals surface area contributed by atoms with Crippen molar-refractivity contribution in [3.8, 4) is 6.07 Å². The standard InChI is InChI=1S/C15H19N3O/c16-12-14-4-2-13(3-5-14)6-7-15(19)18-10-1-8-17-9-11-18/h2-5,17H,1,6-11H2. The molecule has 0 spiro atoms. The molecule has 4 nitrogen and oxygen atoms in total. The van der Waals surface area contributed by atoms with E-state index in [0.29, 0.717) is 12.0 Å². The molecule has 100 valence electrons. The molecule has 0 bridgehead atoms. The van der Waals surface area contributed by atoms with Crippen LogP contribution in [0.25, 0.3) is 0 Å². The molecule has 0 radical (unpaired) electrons. The second kappa shape index (κ2) is 6.91. The molecule has 1 aliphatic rings. The third-order valence-electron chi connectivity index (χ3n) is 3.40. The molecule has 0 saturated carbocycles. The van der Waals surface area contributed by atoms with Crippen molar-refractivity contribution in [2.75, 3.05) is 26.2 Å². The third kappa shape index (κ3) is 4.08. The van der Waals surface area contributed by atoms with Crippen molar-refractivity contribution < 1.29 is 4.79 Å². The Morgan fingerprint density at radius 3 is 2.79 bits per heavy atom. The number of carbonyl (C=O) groups is 1. The number of nitrogens with one attached hydrogen (secondary N) is 1. The van der Waals surface area contributed by atoms with Crippen molar-refractivity contribution in [2.45, 2.75) is 19.3 Å². The molecule has 0 atom stereocenters. The summed E-state index contributed by atoms with van der Waals surface area (Å²) in [7, 11) is 0. The van der Waals surface area contributed by atoms with E-state index in [4.69, 9.17) is 5.26 Å². The van der Waals surface area contributed by atoms with Gasteiger partial charge in [-0.2, -0.15) is 5.26 Å². The third-order valence-corrected chi connectivity index (χ3v) is 3.40. The largest absolute Gasteiger partial charge is 0.341 e. The van der Waals surface area contributed by atoms with E-state index >= 15 is 0 Å². The number of aryl methyl sites for hydroxylation is 1. The summed E-state index contributed by atoms with van der Waals surface area (Å²) < 4.78 is 0. The number of nitrogens with zero attached hydrogens (tertiary/aromatic N) is 2. The van der Waals surface area contributed by atoms with Gasteiger partial charge in [-0.15, -0.1) is 0 Å². The number of benzene rings is 1. The van der Waals surface area contributed by atoms with Crippen LogP contribution in [0.4, 0.5) is 0 Å². The second-order valence-corrected chi connectivity index (χ2v) is 4.79. The Kier molecular flexibility index (Phi) is 4.93. The molecule has 1 saturated heterocycles. The minimum atomic E-state index is 0.230.